The summed E-state index contributed by atoms with van der Waals surface area (Å²) in [5.74, 6) is 1.67. The minimum absolute atomic E-state index is 0.122. The van der Waals surface area contributed by atoms with E-state index in [1.165, 1.54) is 5.56 Å². The molecule has 0 spiro atoms. The van der Waals surface area contributed by atoms with Gasteiger partial charge in [-0.15, -0.1) is 11.3 Å². The molecule has 0 radical (unpaired) electrons. The van der Waals surface area contributed by atoms with Crippen LogP contribution in [0.15, 0.2) is 53.9 Å². The van der Waals surface area contributed by atoms with Gasteiger partial charge in [0.1, 0.15) is 16.5 Å². The molecule has 0 aliphatic rings. The number of nitrogens with zero attached hydrogens (tertiary/aromatic N) is 1. The van der Waals surface area contributed by atoms with Crippen molar-refractivity contribution in [1.29, 1.82) is 0 Å². The van der Waals surface area contributed by atoms with Crippen molar-refractivity contribution in [3.05, 3.63) is 64.5 Å². The van der Waals surface area contributed by atoms with Gasteiger partial charge in [-0.05, 0) is 36.2 Å². The van der Waals surface area contributed by atoms with Gasteiger partial charge in [0.25, 0.3) is 0 Å². The molecule has 1 heterocycles. The highest BCUT2D eigenvalue weighted by molar-refractivity contribution is 7.10. The Labute approximate surface area is 145 Å². The molecule has 0 amide bonds. The Bertz CT molecular complexity index is 799. The van der Waals surface area contributed by atoms with Crippen LogP contribution in [0.4, 0.5) is 0 Å². The summed E-state index contributed by atoms with van der Waals surface area (Å²) in [6, 6.07) is 15.7. The molecule has 4 nitrogen and oxygen atoms in total. The summed E-state index contributed by atoms with van der Waals surface area (Å²) in [6.45, 7) is 0. The second-order valence-electron chi connectivity index (χ2n) is 5.46. The molecule has 5 heteroatoms. The summed E-state index contributed by atoms with van der Waals surface area (Å²) in [5, 5.41) is 2.97. The van der Waals surface area contributed by atoms with Crippen LogP contribution in [0, 0.1) is 0 Å². The summed E-state index contributed by atoms with van der Waals surface area (Å²) < 4.78 is 10.4. The summed E-state index contributed by atoms with van der Waals surface area (Å²) in [7, 11) is 3.33. The number of ether oxygens (including phenoxy) is 2. The highest BCUT2D eigenvalue weighted by Gasteiger charge is 2.13. The lowest BCUT2D eigenvalue weighted by Gasteiger charge is -2.09. The van der Waals surface area contributed by atoms with E-state index >= 15 is 0 Å². The molecule has 3 rings (SSSR count). The quantitative estimate of drug-likeness (QED) is 0.735. The van der Waals surface area contributed by atoms with Crippen LogP contribution in [0.3, 0.4) is 0 Å². The zero-order valence-electron chi connectivity index (χ0n) is 13.7. The Balaban J connectivity index is 1.73. The van der Waals surface area contributed by atoms with Gasteiger partial charge in [0, 0.05) is 10.9 Å². The van der Waals surface area contributed by atoms with Gasteiger partial charge in [-0.2, -0.15) is 0 Å². The second-order valence-corrected chi connectivity index (χ2v) is 6.35. The molecule has 2 N–H and O–H groups in total. The maximum atomic E-state index is 6.34. The molecule has 0 saturated heterocycles. The van der Waals surface area contributed by atoms with Crippen molar-refractivity contribution in [3.8, 4) is 22.8 Å². The first kappa shape index (κ1) is 16.5. The van der Waals surface area contributed by atoms with Crippen LogP contribution in [0.1, 0.15) is 16.6 Å². The van der Waals surface area contributed by atoms with E-state index < -0.39 is 0 Å². The van der Waals surface area contributed by atoms with Gasteiger partial charge >= 0.3 is 0 Å². The number of hydrogen-bond donors (Lipinski definition) is 1. The number of benzene rings is 2. The maximum Gasteiger partial charge on any atom is 0.119 e. The number of nitrogens with two attached hydrogens (primary N) is 1. The van der Waals surface area contributed by atoms with Gasteiger partial charge in [-0.1, -0.05) is 24.3 Å². The fraction of sp³-hybridized carbons (Fsp3) is 0.211. The molecule has 0 aliphatic heterocycles. The van der Waals surface area contributed by atoms with E-state index in [1.54, 1.807) is 25.6 Å². The standard InChI is InChI=1S/C19H20N2O2S/c1-22-15-8-6-13(7-9-15)10-17(20)19-21-18(12-24-19)14-4-3-5-16(11-14)23-2/h3-9,11-12,17H,10,20H2,1-2H3. The van der Waals surface area contributed by atoms with Gasteiger partial charge in [-0.25, -0.2) is 4.98 Å². The van der Waals surface area contributed by atoms with Crippen LogP contribution in [0.5, 0.6) is 11.5 Å². The lowest BCUT2D eigenvalue weighted by Crippen LogP contribution is -2.13. The van der Waals surface area contributed by atoms with Crippen molar-refractivity contribution in [3.63, 3.8) is 0 Å². The van der Waals surface area contributed by atoms with E-state index in [4.69, 9.17) is 20.2 Å². The van der Waals surface area contributed by atoms with E-state index in [0.717, 1.165) is 34.2 Å². The van der Waals surface area contributed by atoms with Crippen molar-refractivity contribution in [1.82, 2.24) is 4.98 Å². The third-order valence-electron chi connectivity index (χ3n) is 3.82. The topological polar surface area (TPSA) is 57.4 Å². The Morgan fingerprint density at radius 1 is 1.04 bits per heavy atom. The summed E-state index contributed by atoms with van der Waals surface area (Å²) >= 11 is 1.59. The Morgan fingerprint density at radius 3 is 2.50 bits per heavy atom. The van der Waals surface area contributed by atoms with Crippen molar-refractivity contribution in [2.45, 2.75) is 12.5 Å². The zero-order chi connectivity index (χ0) is 16.9. The smallest absolute Gasteiger partial charge is 0.119 e. The highest BCUT2D eigenvalue weighted by Crippen LogP contribution is 2.28. The number of thiazole rings is 1. The van der Waals surface area contributed by atoms with Crippen LogP contribution >= 0.6 is 11.3 Å². The van der Waals surface area contributed by atoms with Crippen molar-refractivity contribution >= 4 is 11.3 Å². The third-order valence-corrected chi connectivity index (χ3v) is 4.80. The summed E-state index contributed by atoms with van der Waals surface area (Å²) in [5.41, 5.74) is 9.47. The molecule has 24 heavy (non-hydrogen) atoms. The van der Waals surface area contributed by atoms with Crippen LogP contribution in [0.2, 0.25) is 0 Å². The Kier molecular flexibility index (Phi) is 5.13. The maximum absolute atomic E-state index is 6.34. The molecule has 1 atom stereocenters. The molecule has 2 aromatic carbocycles. The molecular weight excluding hydrogens is 320 g/mol. The molecular formula is C19H20N2O2S. The monoisotopic (exact) mass is 340 g/mol. The molecule has 0 aliphatic carbocycles. The predicted molar refractivity (Wildman–Crippen MR) is 97.7 cm³/mol. The van der Waals surface area contributed by atoms with Crippen molar-refractivity contribution in [2.75, 3.05) is 14.2 Å². The Hall–Kier alpha value is -2.37. The van der Waals surface area contributed by atoms with Gasteiger partial charge in [0.05, 0.1) is 26.0 Å². The molecule has 124 valence electrons. The molecule has 0 saturated carbocycles. The van der Waals surface area contributed by atoms with Gasteiger partial charge < -0.3 is 15.2 Å². The minimum Gasteiger partial charge on any atom is -0.497 e. The van der Waals surface area contributed by atoms with Crippen LogP contribution in [0.25, 0.3) is 11.3 Å². The third kappa shape index (κ3) is 3.75. The van der Waals surface area contributed by atoms with Crippen LogP contribution in [-0.4, -0.2) is 19.2 Å². The number of methoxy groups -OCH3 is 2. The van der Waals surface area contributed by atoms with E-state index in [2.05, 4.69) is 0 Å². The predicted octanol–water partition coefficient (Wildman–Crippen LogP) is 4.07. The summed E-state index contributed by atoms with van der Waals surface area (Å²) in [6.07, 6.45) is 0.745. The zero-order valence-corrected chi connectivity index (χ0v) is 14.5. The fourth-order valence-corrected chi connectivity index (χ4v) is 3.31. The van der Waals surface area contributed by atoms with E-state index in [-0.39, 0.29) is 6.04 Å². The van der Waals surface area contributed by atoms with Gasteiger partial charge in [0.15, 0.2) is 0 Å². The number of aromatic nitrogens is 1. The second kappa shape index (κ2) is 7.47. The first-order valence-electron chi connectivity index (χ1n) is 7.68. The van der Waals surface area contributed by atoms with Crippen LogP contribution in [-0.2, 0) is 6.42 Å². The highest BCUT2D eigenvalue weighted by atomic mass is 32.1. The molecule has 1 aromatic heterocycles. The van der Waals surface area contributed by atoms with E-state index in [1.807, 2.05) is 53.9 Å². The molecule has 0 bridgehead atoms. The Morgan fingerprint density at radius 2 is 1.79 bits per heavy atom. The summed E-state index contributed by atoms with van der Waals surface area (Å²) in [4.78, 5) is 4.70. The number of hydrogen-bond acceptors (Lipinski definition) is 5. The average Bonchev–Trinajstić information content (AvgIpc) is 3.13. The molecule has 1 unspecified atom stereocenters. The van der Waals surface area contributed by atoms with Crippen molar-refractivity contribution in [2.24, 2.45) is 5.73 Å². The van der Waals surface area contributed by atoms with E-state index in [9.17, 15) is 0 Å². The first-order valence-corrected chi connectivity index (χ1v) is 8.56. The lowest BCUT2D eigenvalue weighted by atomic mass is 10.1. The van der Waals surface area contributed by atoms with Gasteiger partial charge in [0.2, 0.25) is 0 Å². The minimum atomic E-state index is -0.122. The molecule has 3 aromatic rings. The average molecular weight is 340 g/mol. The van der Waals surface area contributed by atoms with Gasteiger partial charge in [-0.3, -0.25) is 0 Å². The lowest BCUT2D eigenvalue weighted by molar-refractivity contribution is 0.414. The largest absolute Gasteiger partial charge is 0.497 e. The SMILES string of the molecule is COc1ccc(CC(N)c2nc(-c3cccc(OC)c3)cs2)cc1. The molecule has 0 fully saturated rings. The first-order chi connectivity index (χ1) is 11.7. The normalized spacial score (nSPS) is 12.0. The van der Waals surface area contributed by atoms with Crippen molar-refractivity contribution < 1.29 is 9.47 Å². The fourth-order valence-electron chi connectivity index (χ4n) is 2.48. The van der Waals surface area contributed by atoms with E-state index in [0.29, 0.717) is 0 Å². The van der Waals surface area contributed by atoms with Crippen LogP contribution < -0.4 is 15.2 Å². The number of rotatable bonds is 6.